The number of hydrazone groups is 1. The van der Waals surface area contributed by atoms with E-state index in [2.05, 4.69) is 11.6 Å². The van der Waals surface area contributed by atoms with E-state index in [0.29, 0.717) is 6.04 Å². The maximum Gasteiger partial charge on any atom is 0.286 e. The average Bonchev–Trinajstić information content (AvgIpc) is 2.33. The number of carbonyl (C=O) groups excluding carboxylic acids is 1. The highest BCUT2D eigenvalue weighted by molar-refractivity contribution is 5.83. The van der Waals surface area contributed by atoms with Crippen molar-refractivity contribution in [3.63, 3.8) is 0 Å². The summed E-state index contributed by atoms with van der Waals surface area (Å²) in [5.74, 6) is 0.450. The van der Waals surface area contributed by atoms with Crippen LogP contribution >= 0.6 is 0 Å². The highest BCUT2D eigenvalue weighted by Gasteiger charge is 2.49. The molecule has 0 bridgehead atoms. The fourth-order valence-electron chi connectivity index (χ4n) is 2.59. The second-order valence-corrected chi connectivity index (χ2v) is 4.19. The van der Waals surface area contributed by atoms with E-state index in [-0.39, 0.29) is 11.8 Å². The van der Waals surface area contributed by atoms with Gasteiger partial charge < -0.3 is 0 Å². The Morgan fingerprint density at radius 3 is 2.85 bits per heavy atom. The molecule has 0 spiro atoms. The van der Waals surface area contributed by atoms with Gasteiger partial charge in [-0.3, -0.25) is 4.79 Å². The van der Waals surface area contributed by atoms with Crippen molar-refractivity contribution in [1.29, 1.82) is 0 Å². The minimum Gasteiger partial charge on any atom is -0.268 e. The third kappa shape index (κ3) is 1.10. The van der Waals surface area contributed by atoms with Gasteiger partial charge in [-0.1, -0.05) is 0 Å². The fraction of sp³-hybridized carbons (Fsp3) is 0.800. The van der Waals surface area contributed by atoms with Gasteiger partial charge >= 0.3 is 0 Å². The van der Waals surface area contributed by atoms with Gasteiger partial charge in [0, 0.05) is 19.8 Å². The molecular weight excluding hydrogens is 164 g/mol. The summed E-state index contributed by atoms with van der Waals surface area (Å²) in [6.45, 7) is 4.18. The van der Waals surface area contributed by atoms with E-state index >= 15 is 0 Å². The number of hydrogen-bond donors (Lipinski definition) is 0. The van der Waals surface area contributed by atoms with Gasteiger partial charge in [-0.2, -0.15) is 0 Å². The van der Waals surface area contributed by atoms with Gasteiger partial charge in [-0.05, 0) is 13.3 Å². The average molecular weight is 181 g/mol. The highest BCUT2D eigenvalue weighted by atomic mass is 16.2. The first kappa shape index (κ1) is 8.73. The maximum atomic E-state index is 11.7. The Hall–Kier alpha value is -0.860. The quantitative estimate of drug-likeness (QED) is 0.512. The molecule has 1 amide bonds. The smallest absolute Gasteiger partial charge is 0.268 e. The fourth-order valence-corrected chi connectivity index (χ4v) is 2.59. The molecule has 0 unspecified atom stereocenters. The van der Waals surface area contributed by atoms with Crippen LogP contribution in [0.4, 0.5) is 0 Å². The molecule has 72 valence electrons. The van der Waals surface area contributed by atoms with Crippen LogP contribution in [0.1, 0.15) is 33.1 Å². The molecule has 2 atom stereocenters. The zero-order chi connectivity index (χ0) is 9.59. The van der Waals surface area contributed by atoms with E-state index in [0.717, 1.165) is 12.8 Å². The summed E-state index contributed by atoms with van der Waals surface area (Å²) in [6.07, 6.45) is 3.54. The summed E-state index contributed by atoms with van der Waals surface area (Å²) in [4.78, 5) is 11.7. The predicted octanol–water partition coefficient (Wildman–Crippen LogP) is 1.04. The number of nitrogens with zero attached hydrogens (tertiary/aromatic N) is 2. The van der Waals surface area contributed by atoms with Crippen molar-refractivity contribution >= 4 is 11.6 Å². The molecule has 0 aromatic rings. The zero-order valence-corrected chi connectivity index (χ0v) is 8.58. The predicted molar refractivity (Wildman–Crippen MR) is 50.5 cm³/mol. The summed E-state index contributed by atoms with van der Waals surface area (Å²) in [6, 6.07) is 0.436. The second kappa shape index (κ2) is 2.82. The summed E-state index contributed by atoms with van der Waals surface area (Å²) < 4.78 is 2.19. The minimum atomic E-state index is 0.181. The number of fused-ring (bicyclic) bond motifs is 1. The van der Waals surface area contributed by atoms with Crippen LogP contribution in [0.5, 0.6) is 0 Å². The number of hydrazine groups is 1. The van der Waals surface area contributed by atoms with Gasteiger partial charge in [0.2, 0.25) is 0 Å². The Morgan fingerprint density at radius 1 is 1.54 bits per heavy atom. The normalized spacial score (nSPS) is 34.1. The first-order valence-corrected chi connectivity index (χ1v) is 5.02. The molecule has 0 aliphatic carbocycles. The van der Waals surface area contributed by atoms with Gasteiger partial charge in [-0.15, -0.1) is 9.69 Å². The standard InChI is InChI=1S/C10H17N2O/c1-7-5-4-6-9-8(2)10(13)11(3)12(7)9/h8-9H,4-6H2,1-3H3/q+1/t8-,9+/m0/s1. The van der Waals surface area contributed by atoms with Crippen LogP contribution in [-0.2, 0) is 4.79 Å². The summed E-state index contributed by atoms with van der Waals surface area (Å²) >= 11 is 0. The number of rotatable bonds is 0. The molecule has 2 aliphatic rings. The Balaban J connectivity index is 2.42. The van der Waals surface area contributed by atoms with Crippen LogP contribution in [0.25, 0.3) is 0 Å². The van der Waals surface area contributed by atoms with Crippen LogP contribution in [0.3, 0.4) is 0 Å². The molecule has 0 N–H and O–H groups in total. The first-order valence-electron chi connectivity index (χ1n) is 5.02. The summed E-state index contributed by atoms with van der Waals surface area (Å²) in [5.41, 5.74) is 1.34. The molecule has 1 fully saturated rings. The Bertz CT molecular complexity index is 283. The van der Waals surface area contributed by atoms with E-state index in [9.17, 15) is 4.79 Å². The topological polar surface area (TPSA) is 23.3 Å². The van der Waals surface area contributed by atoms with Gasteiger partial charge in [0.05, 0.1) is 7.05 Å². The van der Waals surface area contributed by atoms with E-state index in [1.807, 2.05) is 14.0 Å². The van der Waals surface area contributed by atoms with Crippen molar-refractivity contribution in [2.75, 3.05) is 7.05 Å². The van der Waals surface area contributed by atoms with Crippen LogP contribution in [-0.4, -0.2) is 34.4 Å². The van der Waals surface area contributed by atoms with Crippen LogP contribution in [0, 0.1) is 5.92 Å². The number of amides is 1. The van der Waals surface area contributed by atoms with E-state index in [1.54, 1.807) is 5.01 Å². The molecule has 3 nitrogen and oxygen atoms in total. The Morgan fingerprint density at radius 2 is 2.23 bits per heavy atom. The number of carbonyl (C=O) groups is 1. The van der Waals surface area contributed by atoms with Crippen LogP contribution in [0.2, 0.25) is 0 Å². The van der Waals surface area contributed by atoms with Gasteiger partial charge in [0.15, 0.2) is 11.8 Å². The van der Waals surface area contributed by atoms with Gasteiger partial charge in [0.25, 0.3) is 5.91 Å². The Kier molecular flexibility index (Phi) is 1.90. The molecule has 2 heterocycles. The summed E-state index contributed by atoms with van der Waals surface area (Å²) in [7, 11) is 1.88. The molecule has 3 heteroatoms. The van der Waals surface area contributed by atoms with Crippen molar-refractivity contribution in [3.8, 4) is 0 Å². The Labute approximate surface area is 79.0 Å². The zero-order valence-electron chi connectivity index (χ0n) is 8.58. The van der Waals surface area contributed by atoms with Crippen molar-refractivity contribution in [2.45, 2.75) is 39.2 Å². The van der Waals surface area contributed by atoms with Crippen molar-refractivity contribution < 1.29 is 9.48 Å². The SMILES string of the molecule is CC1=[N+]2[C@H](CCC1)[C@H](C)C(=O)N2C. The van der Waals surface area contributed by atoms with Gasteiger partial charge in [0.1, 0.15) is 5.92 Å². The lowest BCUT2D eigenvalue weighted by Crippen LogP contribution is -2.38. The molecule has 1 saturated heterocycles. The highest BCUT2D eigenvalue weighted by Crippen LogP contribution is 2.28. The molecular formula is C10H17N2O+. The number of hydrogen-bond acceptors (Lipinski definition) is 1. The minimum absolute atomic E-state index is 0.181. The third-order valence-corrected chi connectivity index (χ3v) is 3.35. The maximum absolute atomic E-state index is 11.7. The largest absolute Gasteiger partial charge is 0.286 e. The first-order chi connectivity index (χ1) is 6.13. The lowest BCUT2D eigenvalue weighted by Gasteiger charge is -2.17. The van der Waals surface area contributed by atoms with Crippen molar-refractivity contribution in [1.82, 2.24) is 5.01 Å². The van der Waals surface area contributed by atoms with Crippen LogP contribution in [0.15, 0.2) is 0 Å². The molecule has 13 heavy (non-hydrogen) atoms. The lowest BCUT2D eigenvalue weighted by molar-refractivity contribution is -0.684. The van der Waals surface area contributed by atoms with Crippen LogP contribution < -0.4 is 0 Å². The van der Waals surface area contributed by atoms with Gasteiger partial charge in [-0.25, -0.2) is 0 Å². The van der Waals surface area contributed by atoms with Crippen molar-refractivity contribution in [2.24, 2.45) is 5.92 Å². The molecule has 0 saturated carbocycles. The second-order valence-electron chi connectivity index (χ2n) is 4.19. The third-order valence-electron chi connectivity index (χ3n) is 3.35. The monoisotopic (exact) mass is 181 g/mol. The molecule has 0 aromatic heterocycles. The molecule has 0 radical (unpaired) electrons. The van der Waals surface area contributed by atoms with Crippen molar-refractivity contribution in [3.05, 3.63) is 0 Å². The molecule has 2 rings (SSSR count). The molecule has 2 aliphatic heterocycles. The van der Waals surface area contributed by atoms with E-state index < -0.39 is 0 Å². The van der Waals surface area contributed by atoms with E-state index in [4.69, 9.17) is 0 Å². The molecule has 0 aromatic carbocycles. The lowest BCUT2D eigenvalue weighted by atomic mass is 9.94. The summed E-state index contributed by atoms with van der Waals surface area (Å²) in [5, 5.41) is 1.80. The van der Waals surface area contributed by atoms with E-state index in [1.165, 1.54) is 12.1 Å².